The van der Waals surface area contributed by atoms with Crippen LogP contribution < -0.4 is 0 Å². The average molecular weight is 331 g/mol. The second kappa shape index (κ2) is 5.98. The van der Waals surface area contributed by atoms with Crippen molar-refractivity contribution in [3.05, 3.63) is 47.4 Å². The van der Waals surface area contributed by atoms with Crippen molar-refractivity contribution < 1.29 is 18.3 Å². The molecule has 7 heteroatoms. The van der Waals surface area contributed by atoms with Crippen LogP contribution in [0.15, 0.2) is 28.7 Å². The van der Waals surface area contributed by atoms with Crippen molar-refractivity contribution in [2.45, 2.75) is 25.3 Å². The van der Waals surface area contributed by atoms with Gasteiger partial charge in [0.25, 0.3) is 0 Å². The molecule has 1 aliphatic heterocycles. The van der Waals surface area contributed by atoms with Crippen LogP contribution in [0.5, 0.6) is 0 Å². The number of amides is 1. The summed E-state index contributed by atoms with van der Waals surface area (Å²) in [5, 5.41) is 7.88. The zero-order valence-corrected chi connectivity index (χ0v) is 13.3. The van der Waals surface area contributed by atoms with Crippen LogP contribution in [0.25, 0.3) is 0 Å². The maximum atomic E-state index is 13.0. The fourth-order valence-corrected chi connectivity index (χ4v) is 3.28. The van der Waals surface area contributed by atoms with E-state index in [2.05, 4.69) is 10.2 Å². The van der Waals surface area contributed by atoms with E-state index in [0.717, 1.165) is 12.0 Å². The molecular formula is C17H18FN3O3. The molecule has 1 aromatic heterocycles. The second-order valence-electron chi connectivity index (χ2n) is 6.28. The molecule has 2 aromatic rings. The predicted molar refractivity (Wildman–Crippen MR) is 81.6 cm³/mol. The monoisotopic (exact) mass is 331 g/mol. The van der Waals surface area contributed by atoms with Crippen molar-refractivity contribution in [2.24, 2.45) is 5.92 Å². The minimum absolute atomic E-state index is 0.0694. The Kier molecular flexibility index (Phi) is 3.80. The van der Waals surface area contributed by atoms with Gasteiger partial charge in [0.15, 0.2) is 0 Å². The van der Waals surface area contributed by atoms with E-state index in [0.29, 0.717) is 31.5 Å². The number of hydrogen-bond donors (Lipinski definition) is 0. The first-order valence-corrected chi connectivity index (χ1v) is 8.07. The maximum absolute atomic E-state index is 13.0. The highest BCUT2D eigenvalue weighted by atomic mass is 19.1. The topological polar surface area (TPSA) is 68.5 Å². The Bertz CT molecular complexity index is 746. The number of aromatic nitrogens is 2. The fraction of sp³-hybridized carbons (Fsp3) is 0.471. The summed E-state index contributed by atoms with van der Waals surface area (Å²) in [6.45, 7) is 3.10. The summed E-state index contributed by atoms with van der Waals surface area (Å²) in [5.74, 6) is 0.792. The van der Waals surface area contributed by atoms with Crippen molar-refractivity contribution in [1.82, 2.24) is 15.1 Å². The first kappa shape index (κ1) is 15.3. The third-order valence-corrected chi connectivity index (χ3v) is 4.64. The summed E-state index contributed by atoms with van der Waals surface area (Å²) in [6.07, 6.45) is 0.789. The molecule has 1 saturated heterocycles. The van der Waals surface area contributed by atoms with E-state index >= 15 is 0 Å². The lowest BCUT2D eigenvalue weighted by Gasteiger charge is -2.33. The van der Waals surface area contributed by atoms with E-state index in [1.807, 2.05) is 0 Å². The summed E-state index contributed by atoms with van der Waals surface area (Å²) >= 11 is 0. The molecule has 1 aromatic carbocycles. The largest absolute Gasteiger partial charge is 0.423 e. The van der Waals surface area contributed by atoms with Gasteiger partial charge in [0.1, 0.15) is 11.9 Å². The molecule has 2 heterocycles. The lowest BCUT2D eigenvalue weighted by atomic mass is 10.1. The van der Waals surface area contributed by atoms with Crippen LogP contribution in [-0.4, -0.2) is 40.8 Å². The second-order valence-corrected chi connectivity index (χ2v) is 6.28. The lowest BCUT2D eigenvalue weighted by Crippen LogP contribution is -2.44. The number of nitrogens with zero attached hydrogens (tertiary/aromatic N) is 3. The first-order chi connectivity index (χ1) is 11.6. The number of carbonyl (C=O) groups is 1. The molecule has 3 unspecified atom stereocenters. The Morgan fingerprint density at radius 1 is 1.29 bits per heavy atom. The number of morpholine rings is 1. The summed E-state index contributed by atoms with van der Waals surface area (Å²) in [5.41, 5.74) is 1.01. The van der Waals surface area contributed by atoms with Crippen LogP contribution >= 0.6 is 0 Å². The minimum atomic E-state index is -0.332. The molecule has 1 aliphatic carbocycles. The van der Waals surface area contributed by atoms with E-state index in [4.69, 9.17) is 9.15 Å². The van der Waals surface area contributed by atoms with E-state index in [1.165, 1.54) is 12.1 Å². The van der Waals surface area contributed by atoms with Gasteiger partial charge in [-0.25, -0.2) is 4.39 Å². The maximum Gasteiger partial charge on any atom is 0.241 e. The van der Waals surface area contributed by atoms with Gasteiger partial charge in [0.05, 0.1) is 13.2 Å². The van der Waals surface area contributed by atoms with Crippen molar-refractivity contribution in [2.75, 3.05) is 19.8 Å². The highest BCUT2D eigenvalue weighted by Gasteiger charge is 2.48. The highest BCUT2D eigenvalue weighted by molar-refractivity contribution is 5.83. The number of halogens is 1. The summed E-state index contributed by atoms with van der Waals surface area (Å²) in [7, 11) is 0. The fourth-order valence-electron chi connectivity index (χ4n) is 3.28. The SMILES string of the molecule is Cc1nnc(C2COCCN2C(=O)C2CC2c2ccc(F)cc2)o1. The molecule has 6 nitrogen and oxygen atoms in total. The normalized spacial score (nSPS) is 26.4. The third kappa shape index (κ3) is 2.80. The number of carbonyl (C=O) groups excluding carboxylic acids is 1. The molecule has 4 rings (SSSR count). The number of hydrogen-bond acceptors (Lipinski definition) is 5. The Labute approximate surface area is 138 Å². The Morgan fingerprint density at radius 2 is 2.08 bits per heavy atom. The van der Waals surface area contributed by atoms with Crippen molar-refractivity contribution in [3.63, 3.8) is 0 Å². The van der Waals surface area contributed by atoms with Crippen molar-refractivity contribution in [3.8, 4) is 0 Å². The van der Waals surface area contributed by atoms with Gasteiger partial charge in [0.2, 0.25) is 17.7 Å². The smallest absolute Gasteiger partial charge is 0.241 e. The summed E-state index contributed by atoms with van der Waals surface area (Å²) in [6, 6.07) is 6.06. The Morgan fingerprint density at radius 3 is 2.79 bits per heavy atom. The van der Waals surface area contributed by atoms with Crippen LogP contribution in [-0.2, 0) is 9.53 Å². The molecule has 0 spiro atoms. The van der Waals surface area contributed by atoms with E-state index in [1.54, 1.807) is 24.0 Å². The zero-order valence-electron chi connectivity index (χ0n) is 13.3. The van der Waals surface area contributed by atoms with Crippen LogP contribution in [0.1, 0.15) is 35.7 Å². The van der Waals surface area contributed by atoms with Crippen LogP contribution in [0.4, 0.5) is 4.39 Å². The molecule has 2 aliphatic rings. The molecule has 0 radical (unpaired) electrons. The van der Waals surface area contributed by atoms with Gasteiger partial charge in [-0.2, -0.15) is 0 Å². The van der Waals surface area contributed by atoms with Gasteiger partial charge in [-0.3, -0.25) is 4.79 Å². The molecule has 24 heavy (non-hydrogen) atoms. The van der Waals surface area contributed by atoms with Crippen LogP contribution in [0.3, 0.4) is 0 Å². The Hall–Kier alpha value is -2.28. The van der Waals surface area contributed by atoms with E-state index in [-0.39, 0.29) is 29.6 Å². The quantitative estimate of drug-likeness (QED) is 0.863. The van der Waals surface area contributed by atoms with Gasteiger partial charge < -0.3 is 14.1 Å². The van der Waals surface area contributed by atoms with Gasteiger partial charge in [-0.1, -0.05) is 12.1 Å². The third-order valence-electron chi connectivity index (χ3n) is 4.64. The van der Waals surface area contributed by atoms with Gasteiger partial charge in [-0.05, 0) is 30.0 Å². The number of rotatable bonds is 3. The van der Waals surface area contributed by atoms with E-state index < -0.39 is 0 Å². The molecule has 0 bridgehead atoms. The van der Waals surface area contributed by atoms with Crippen LogP contribution in [0.2, 0.25) is 0 Å². The molecule has 0 N–H and O–H groups in total. The average Bonchev–Trinajstić information content (AvgIpc) is 3.28. The van der Waals surface area contributed by atoms with Gasteiger partial charge >= 0.3 is 0 Å². The molecule has 1 amide bonds. The standard InChI is InChI=1S/C17H18FN3O3/c1-10-19-20-16(24-10)15-9-23-7-6-21(15)17(22)14-8-13(14)11-2-4-12(18)5-3-11/h2-5,13-15H,6-9H2,1H3. The molecular weight excluding hydrogens is 313 g/mol. The molecule has 2 fully saturated rings. The van der Waals surface area contributed by atoms with E-state index in [9.17, 15) is 9.18 Å². The first-order valence-electron chi connectivity index (χ1n) is 8.07. The molecule has 126 valence electrons. The minimum Gasteiger partial charge on any atom is -0.423 e. The zero-order chi connectivity index (χ0) is 16.7. The summed E-state index contributed by atoms with van der Waals surface area (Å²) < 4.78 is 24.0. The summed E-state index contributed by atoms with van der Waals surface area (Å²) in [4.78, 5) is 14.7. The lowest BCUT2D eigenvalue weighted by molar-refractivity contribution is -0.142. The number of aryl methyl sites for hydroxylation is 1. The van der Waals surface area contributed by atoms with Crippen molar-refractivity contribution in [1.29, 1.82) is 0 Å². The van der Waals surface area contributed by atoms with Crippen LogP contribution in [0, 0.1) is 18.7 Å². The van der Waals surface area contributed by atoms with Gasteiger partial charge in [-0.15, -0.1) is 10.2 Å². The van der Waals surface area contributed by atoms with Gasteiger partial charge in [0, 0.05) is 19.4 Å². The molecule has 3 atom stereocenters. The number of ether oxygens (including phenoxy) is 1. The molecule has 1 saturated carbocycles. The predicted octanol–water partition coefficient (Wildman–Crippen LogP) is 2.22. The Balaban J connectivity index is 1.49. The highest BCUT2D eigenvalue weighted by Crippen LogP contribution is 2.49. The number of benzene rings is 1. The van der Waals surface area contributed by atoms with Crippen molar-refractivity contribution >= 4 is 5.91 Å².